The van der Waals surface area contributed by atoms with Gasteiger partial charge < -0.3 is 9.84 Å². The standard InChI is InChI=1S/C23H32O4/c1-5-7-8-11-17-14-18(24)20-19(25)15-23(12-6-2,13-9-10-16(3)4)27-22(20)21(17)26/h10,14-15,25H,5-9,11-13H2,1-4H3. The van der Waals surface area contributed by atoms with Crippen molar-refractivity contribution in [3.8, 4) is 0 Å². The molecule has 0 aromatic heterocycles. The lowest BCUT2D eigenvalue weighted by molar-refractivity contribution is -0.122. The molecule has 0 saturated carbocycles. The van der Waals surface area contributed by atoms with Crippen molar-refractivity contribution in [2.75, 3.05) is 0 Å². The molecule has 4 heteroatoms. The molecule has 27 heavy (non-hydrogen) atoms. The molecular formula is C23H32O4. The number of hydrogen-bond donors (Lipinski definition) is 1. The van der Waals surface area contributed by atoms with E-state index in [1.807, 2.05) is 20.8 Å². The minimum absolute atomic E-state index is 0.0215. The molecule has 1 aliphatic carbocycles. The molecule has 0 fully saturated rings. The van der Waals surface area contributed by atoms with E-state index in [0.29, 0.717) is 24.8 Å². The van der Waals surface area contributed by atoms with Crippen LogP contribution in [0.25, 0.3) is 0 Å². The maximum atomic E-state index is 13.0. The molecule has 1 atom stereocenters. The van der Waals surface area contributed by atoms with E-state index in [0.717, 1.165) is 32.1 Å². The lowest BCUT2D eigenvalue weighted by Crippen LogP contribution is -2.38. The van der Waals surface area contributed by atoms with Crippen molar-refractivity contribution in [3.63, 3.8) is 0 Å². The number of aliphatic hydroxyl groups excluding tert-OH is 1. The Labute approximate surface area is 162 Å². The number of hydrogen-bond acceptors (Lipinski definition) is 4. The predicted molar refractivity (Wildman–Crippen MR) is 107 cm³/mol. The Morgan fingerprint density at radius 2 is 1.89 bits per heavy atom. The fraction of sp³-hybridized carbons (Fsp3) is 0.565. The fourth-order valence-electron chi connectivity index (χ4n) is 3.71. The van der Waals surface area contributed by atoms with Crippen LogP contribution in [0.2, 0.25) is 0 Å². The van der Waals surface area contributed by atoms with Crippen LogP contribution in [-0.4, -0.2) is 22.3 Å². The maximum absolute atomic E-state index is 13.0. The van der Waals surface area contributed by atoms with Gasteiger partial charge in [-0.25, -0.2) is 0 Å². The van der Waals surface area contributed by atoms with E-state index in [-0.39, 0.29) is 28.7 Å². The Hall–Kier alpha value is -2.10. The number of carbonyl (C=O) groups excluding carboxylic acids is 2. The molecule has 0 bridgehead atoms. The topological polar surface area (TPSA) is 63.6 Å². The number of allylic oxidation sites excluding steroid dienone is 5. The fourth-order valence-corrected chi connectivity index (χ4v) is 3.71. The van der Waals surface area contributed by atoms with E-state index in [1.54, 1.807) is 6.08 Å². The van der Waals surface area contributed by atoms with Crippen molar-refractivity contribution in [3.05, 3.63) is 46.5 Å². The quantitative estimate of drug-likeness (QED) is 0.322. The van der Waals surface area contributed by atoms with Gasteiger partial charge in [-0.15, -0.1) is 0 Å². The second kappa shape index (κ2) is 9.20. The molecule has 1 N–H and O–H groups in total. The highest BCUT2D eigenvalue weighted by Crippen LogP contribution is 2.40. The van der Waals surface area contributed by atoms with Gasteiger partial charge in [0.25, 0.3) is 0 Å². The summed E-state index contributed by atoms with van der Waals surface area (Å²) in [5, 5.41) is 10.6. The summed E-state index contributed by atoms with van der Waals surface area (Å²) in [5.41, 5.74) is 0.992. The molecule has 1 unspecified atom stereocenters. The van der Waals surface area contributed by atoms with E-state index < -0.39 is 5.60 Å². The van der Waals surface area contributed by atoms with Crippen LogP contribution in [0.4, 0.5) is 0 Å². The Bertz CT molecular complexity index is 717. The highest BCUT2D eigenvalue weighted by atomic mass is 16.5. The number of Topliss-reactive ketones (excluding diaryl/α,β-unsaturated/α-hetero) is 1. The minimum Gasteiger partial charge on any atom is -0.507 e. The summed E-state index contributed by atoms with van der Waals surface area (Å²) in [5.74, 6) is -0.661. The van der Waals surface area contributed by atoms with Gasteiger partial charge in [-0.1, -0.05) is 44.8 Å². The zero-order valence-electron chi connectivity index (χ0n) is 17.1. The van der Waals surface area contributed by atoms with Crippen molar-refractivity contribution in [1.82, 2.24) is 0 Å². The SMILES string of the molecule is CCCCCC1=CC(=O)C2=C(OC(CCC)(CCC=C(C)C)C=C2O)C1=O. The van der Waals surface area contributed by atoms with Gasteiger partial charge in [0, 0.05) is 11.6 Å². The van der Waals surface area contributed by atoms with Crippen molar-refractivity contribution in [2.45, 2.75) is 84.7 Å². The van der Waals surface area contributed by atoms with Crippen LogP contribution in [0.1, 0.15) is 79.1 Å². The predicted octanol–water partition coefficient (Wildman–Crippen LogP) is 5.66. The van der Waals surface area contributed by atoms with Crippen molar-refractivity contribution < 1.29 is 19.4 Å². The zero-order chi connectivity index (χ0) is 20.0. The Kier molecular flexibility index (Phi) is 7.23. The molecule has 4 nitrogen and oxygen atoms in total. The summed E-state index contributed by atoms with van der Waals surface area (Å²) in [4.78, 5) is 25.5. The number of unbranched alkanes of at least 4 members (excludes halogenated alkanes) is 2. The van der Waals surface area contributed by atoms with Crippen LogP contribution < -0.4 is 0 Å². The highest BCUT2D eigenvalue weighted by Gasteiger charge is 2.42. The van der Waals surface area contributed by atoms with Gasteiger partial charge in [-0.2, -0.15) is 0 Å². The highest BCUT2D eigenvalue weighted by molar-refractivity contribution is 6.23. The second-order valence-corrected chi connectivity index (χ2v) is 7.79. The van der Waals surface area contributed by atoms with Crippen LogP contribution in [-0.2, 0) is 14.3 Å². The van der Waals surface area contributed by atoms with Crippen LogP contribution >= 0.6 is 0 Å². The lowest BCUT2D eigenvalue weighted by Gasteiger charge is -2.37. The van der Waals surface area contributed by atoms with Crippen LogP contribution in [0, 0.1) is 0 Å². The summed E-state index contributed by atoms with van der Waals surface area (Å²) in [6.45, 7) is 8.23. The average molecular weight is 373 g/mol. The van der Waals surface area contributed by atoms with Gasteiger partial charge in [0.05, 0.1) is 0 Å². The summed E-state index contributed by atoms with van der Waals surface area (Å²) in [6.07, 6.45) is 11.6. The first-order valence-electron chi connectivity index (χ1n) is 10.1. The third-order valence-electron chi connectivity index (χ3n) is 5.08. The summed E-state index contributed by atoms with van der Waals surface area (Å²) in [6, 6.07) is 0. The maximum Gasteiger partial charge on any atom is 0.224 e. The Balaban J connectivity index is 2.29. The largest absolute Gasteiger partial charge is 0.507 e. The van der Waals surface area contributed by atoms with Gasteiger partial charge in [-0.05, 0) is 52.0 Å². The minimum atomic E-state index is -0.745. The van der Waals surface area contributed by atoms with Crippen molar-refractivity contribution in [1.29, 1.82) is 0 Å². The monoisotopic (exact) mass is 372 g/mol. The molecule has 0 aromatic carbocycles. The molecule has 2 aliphatic rings. The molecule has 0 aromatic rings. The lowest BCUT2D eigenvalue weighted by atomic mass is 9.83. The summed E-state index contributed by atoms with van der Waals surface area (Å²) in [7, 11) is 0. The van der Waals surface area contributed by atoms with Crippen LogP contribution in [0.3, 0.4) is 0 Å². The van der Waals surface area contributed by atoms with E-state index in [9.17, 15) is 14.7 Å². The van der Waals surface area contributed by atoms with Gasteiger partial charge in [0.15, 0.2) is 11.5 Å². The molecule has 0 spiro atoms. The number of aliphatic hydroxyl groups is 1. The molecule has 1 aliphatic heterocycles. The van der Waals surface area contributed by atoms with Crippen LogP contribution in [0.15, 0.2) is 46.5 Å². The molecule has 0 saturated heterocycles. The molecule has 148 valence electrons. The average Bonchev–Trinajstić information content (AvgIpc) is 2.58. The first kappa shape index (κ1) is 21.2. The first-order valence-corrected chi connectivity index (χ1v) is 10.1. The second-order valence-electron chi connectivity index (χ2n) is 7.79. The number of ether oxygens (including phenoxy) is 1. The summed E-state index contributed by atoms with van der Waals surface area (Å²) >= 11 is 0. The number of rotatable bonds is 9. The number of ketones is 2. The Morgan fingerprint density at radius 3 is 2.52 bits per heavy atom. The van der Waals surface area contributed by atoms with Crippen molar-refractivity contribution >= 4 is 11.6 Å². The van der Waals surface area contributed by atoms with Gasteiger partial charge in [0.2, 0.25) is 5.78 Å². The third kappa shape index (κ3) is 5.00. The molecular weight excluding hydrogens is 340 g/mol. The normalized spacial score (nSPS) is 22.1. The first-order chi connectivity index (χ1) is 12.8. The van der Waals surface area contributed by atoms with Crippen LogP contribution in [0.5, 0.6) is 0 Å². The molecule has 2 rings (SSSR count). The molecule has 1 heterocycles. The summed E-state index contributed by atoms with van der Waals surface area (Å²) < 4.78 is 6.19. The Morgan fingerprint density at radius 1 is 1.15 bits per heavy atom. The van der Waals surface area contributed by atoms with Crippen molar-refractivity contribution in [2.24, 2.45) is 0 Å². The molecule has 0 amide bonds. The van der Waals surface area contributed by atoms with Gasteiger partial charge in [0.1, 0.15) is 16.9 Å². The number of carbonyl (C=O) groups is 2. The van der Waals surface area contributed by atoms with Gasteiger partial charge in [-0.3, -0.25) is 9.59 Å². The van der Waals surface area contributed by atoms with Gasteiger partial charge >= 0.3 is 0 Å². The van der Waals surface area contributed by atoms with E-state index in [2.05, 4.69) is 13.0 Å². The smallest absolute Gasteiger partial charge is 0.224 e. The van der Waals surface area contributed by atoms with E-state index in [4.69, 9.17) is 4.74 Å². The zero-order valence-corrected chi connectivity index (χ0v) is 17.1. The third-order valence-corrected chi connectivity index (χ3v) is 5.08. The van der Waals surface area contributed by atoms with E-state index in [1.165, 1.54) is 11.6 Å². The van der Waals surface area contributed by atoms with E-state index >= 15 is 0 Å². The molecule has 0 radical (unpaired) electrons.